The van der Waals surface area contributed by atoms with Gasteiger partial charge >= 0.3 is 0 Å². The second-order valence-corrected chi connectivity index (χ2v) is 8.70. The van der Waals surface area contributed by atoms with Crippen LogP contribution in [-0.2, 0) is 13.2 Å². The van der Waals surface area contributed by atoms with Gasteiger partial charge in [-0.2, -0.15) is 5.10 Å². The van der Waals surface area contributed by atoms with Crippen molar-refractivity contribution in [2.24, 2.45) is 0 Å². The monoisotopic (exact) mass is 493 g/mol. The van der Waals surface area contributed by atoms with E-state index in [0.29, 0.717) is 22.6 Å². The minimum atomic E-state index is -0.371. The molecule has 1 N–H and O–H groups in total. The number of benzene rings is 2. The van der Waals surface area contributed by atoms with Gasteiger partial charge < -0.3 is 14.5 Å². The summed E-state index contributed by atoms with van der Waals surface area (Å²) in [7, 11) is 0. The Morgan fingerprint density at radius 1 is 1.03 bits per heavy atom. The van der Waals surface area contributed by atoms with E-state index < -0.39 is 0 Å². The highest BCUT2D eigenvalue weighted by Gasteiger charge is 2.16. The summed E-state index contributed by atoms with van der Waals surface area (Å²) in [6.07, 6.45) is 1.83. The van der Waals surface area contributed by atoms with Crippen LogP contribution in [0.15, 0.2) is 69.7 Å². The van der Waals surface area contributed by atoms with Gasteiger partial charge in [-0.1, -0.05) is 35.9 Å². The Morgan fingerprint density at radius 3 is 2.47 bits per heavy atom. The van der Waals surface area contributed by atoms with Crippen LogP contribution < -0.4 is 10.1 Å². The number of furan rings is 1. The fourth-order valence-electron chi connectivity index (χ4n) is 3.36. The molecule has 0 saturated carbocycles. The number of carbonyl (C=O) groups excluding carboxylic acids is 1. The van der Waals surface area contributed by atoms with E-state index in [4.69, 9.17) is 9.15 Å². The van der Waals surface area contributed by atoms with Crippen LogP contribution in [0.3, 0.4) is 0 Å². The topological polar surface area (TPSA) is 69.3 Å². The van der Waals surface area contributed by atoms with Crippen LogP contribution in [0.4, 0.5) is 5.82 Å². The average Bonchev–Trinajstić information content (AvgIpc) is 3.34. The Labute approximate surface area is 195 Å². The molecule has 0 saturated heterocycles. The molecular weight excluding hydrogens is 470 g/mol. The average molecular weight is 494 g/mol. The zero-order valence-electron chi connectivity index (χ0n) is 18.2. The van der Waals surface area contributed by atoms with Crippen LogP contribution in [0.2, 0.25) is 0 Å². The number of aryl methyl sites for hydroxylation is 3. The third kappa shape index (κ3) is 5.48. The Kier molecular flexibility index (Phi) is 6.46. The van der Waals surface area contributed by atoms with Crippen LogP contribution in [0.1, 0.15) is 38.6 Å². The van der Waals surface area contributed by atoms with Crippen molar-refractivity contribution < 1.29 is 13.9 Å². The predicted octanol–water partition coefficient (Wildman–Crippen LogP) is 6.04. The molecule has 0 radical (unpaired) electrons. The summed E-state index contributed by atoms with van der Waals surface area (Å²) in [5, 5.41) is 7.26. The van der Waals surface area contributed by atoms with Crippen molar-refractivity contribution in [3.63, 3.8) is 0 Å². The molecule has 0 aliphatic rings. The van der Waals surface area contributed by atoms with Gasteiger partial charge in [-0.15, -0.1) is 0 Å². The molecule has 0 fully saturated rings. The van der Waals surface area contributed by atoms with E-state index in [1.165, 1.54) is 5.56 Å². The maximum absolute atomic E-state index is 12.6. The van der Waals surface area contributed by atoms with Crippen LogP contribution in [0.5, 0.6) is 5.75 Å². The molecular formula is C25H24BrN3O3. The SMILES string of the molecule is Cc1ccc(Cn2cc(Br)c(NC(=O)c3ccc(COc4cc(C)cc(C)c4)o3)n2)cc1. The van der Waals surface area contributed by atoms with Gasteiger partial charge in [0.25, 0.3) is 5.91 Å². The summed E-state index contributed by atoms with van der Waals surface area (Å²) in [5.74, 6) is 1.60. The van der Waals surface area contributed by atoms with Crippen molar-refractivity contribution >= 4 is 27.7 Å². The standard InChI is InChI=1S/C25H24BrN3O3/c1-16-4-6-19(7-5-16)13-29-14-22(26)24(28-29)27-25(30)23-9-8-20(32-23)15-31-21-11-17(2)10-18(3)12-21/h4-12,14H,13,15H2,1-3H3,(H,27,28,30). The Hall–Kier alpha value is -3.32. The minimum absolute atomic E-state index is 0.198. The first-order valence-corrected chi connectivity index (χ1v) is 11.0. The second-order valence-electron chi connectivity index (χ2n) is 7.84. The quantitative estimate of drug-likeness (QED) is 0.340. The highest BCUT2D eigenvalue weighted by molar-refractivity contribution is 9.10. The first-order valence-electron chi connectivity index (χ1n) is 10.3. The van der Waals surface area contributed by atoms with Crippen LogP contribution in [0.25, 0.3) is 0 Å². The third-order valence-electron chi connectivity index (χ3n) is 4.88. The Morgan fingerprint density at radius 2 is 1.75 bits per heavy atom. The van der Waals surface area contributed by atoms with E-state index in [2.05, 4.69) is 63.6 Å². The number of nitrogens with one attached hydrogen (secondary N) is 1. The van der Waals surface area contributed by atoms with Gasteiger partial charge in [-0.25, -0.2) is 0 Å². The molecule has 0 spiro atoms. The molecule has 32 heavy (non-hydrogen) atoms. The first-order chi connectivity index (χ1) is 15.4. The molecule has 164 valence electrons. The highest BCUT2D eigenvalue weighted by Crippen LogP contribution is 2.23. The van der Waals surface area contributed by atoms with E-state index in [-0.39, 0.29) is 18.3 Å². The predicted molar refractivity (Wildman–Crippen MR) is 127 cm³/mol. The van der Waals surface area contributed by atoms with E-state index in [9.17, 15) is 4.79 Å². The number of hydrogen-bond donors (Lipinski definition) is 1. The van der Waals surface area contributed by atoms with E-state index in [1.54, 1.807) is 16.8 Å². The van der Waals surface area contributed by atoms with Crippen molar-refractivity contribution in [2.45, 2.75) is 33.9 Å². The van der Waals surface area contributed by atoms with Gasteiger partial charge in [0.05, 0.1) is 11.0 Å². The number of halogens is 1. The lowest BCUT2D eigenvalue weighted by Gasteiger charge is -2.06. The number of ether oxygens (including phenoxy) is 1. The number of aromatic nitrogens is 2. The molecule has 2 aromatic carbocycles. The van der Waals surface area contributed by atoms with Crippen LogP contribution in [0, 0.1) is 20.8 Å². The fourth-order valence-corrected chi connectivity index (χ4v) is 3.78. The molecule has 2 heterocycles. The van der Waals surface area contributed by atoms with Crippen molar-refractivity contribution in [3.8, 4) is 5.75 Å². The Bertz CT molecular complexity index is 1220. The van der Waals surface area contributed by atoms with Crippen molar-refractivity contribution in [2.75, 3.05) is 5.32 Å². The van der Waals surface area contributed by atoms with E-state index in [0.717, 1.165) is 22.4 Å². The lowest BCUT2D eigenvalue weighted by molar-refractivity contribution is 0.0992. The van der Waals surface area contributed by atoms with Gasteiger partial charge in [-0.05, 0) is 77.7 Å². The molecule has 2 aromatic heterocycles. The van der Waals surface area contributed by atoms with E-state index >= 15 is 0 Å². The molecule has 7 heteroatoms. The van der Waals surface area contributed by atoms with Gasteiger partial charge in [0.15, 0.2) is 11.6 Å². The molecule has 0 bridgehead atoms. The number of anilines is 1. The third-order valence-corrected chi connectivity index (χ3v) is 5.46. The highest BCUT2D eigenvalue weighted by atomic mass is 79.9. The largest absolute Gasteiger partial charge is 0.486 e. The van der Waals surface area contributed by atoms with Crippen molar-refractivity contribution in [3.05, 3.63) is 99.0 Å². The normalized spacial score (nSPS) is 10.9. The zero-order valence-corrected chi connectivity index (χ0v) is 19.8. The number of hydrogen-bond acceptors (Lipinski definition) is 4. The molecule has 1 amide bonds. The van der Waals surface area contributed by atoms with E-state index in [1.807, 2.05) is 32.2 Å². The maximum Gasteiger partial charge on any atom is 0.292 e. The summed E-state index contributed by atoms with van der Waals surface area (Å²) in [5.41, 5.74) is 4.60. The maximum atomic E-state index is 12.6. The fraction of sp³-hybridized carbons (Fsp3) is 0.200. The lowest BCUT2D eigenvalue weighted by atomic mass is 10.1. The first kappa shape index (κ1) is 21.9. The molecule has 6 nitrogen and oxygen atoms in total. The molecule has 4 rings (SSSR count). The van der Waals surface area contributed by atoms with Gasteiger partial charge in [0, 0.05) is 6.20 Å². The van der Waals surface area contributed by atoms with Gasteiger partial charge in [-0.3, -0.25) is 9.48 Å². The summed E-state index contributed by atoms with van der Waals surface area (Å²) < 4.78 is 13.9. The molecule has 4 aromatic rings. The van der Waals surface area contributed by atoms with Crippen LogP contribution in [-0.4, -0.2) is 15.7 Å². The number of amides is 1. The minimum Gasteiger partial charge on any atom is -0.486 e. The van der Waals surface area contributed by atoms with Gasteiger partial charge in [0.1, 0.15) is 18.1 Å². The summed E-state index contributed by atoms with van der Waals surface area (Å²) >= 11 is 3.46. The summed E-state index contributed by atoms with van der Waals surface area (Å²) in [4.78, 5) is 12.6. The Balaban J connectivity index is 1.37. The summed E-state index contributed by atoms with van der Waals surface area (Å²) in [6.45, 7) is 6.95. The van der Waals surface area contributed by atoms with Crippen molar-refractivity contribution in [1.82, 2.24) is 9.78 Å². The lowest BCUT2D eigenvalue weighted by Crippen LogP contribution is -2.12. The summed E-state index contributed by atoms with van der Waals surface area (Å²) in [6, 6.07) is 17.6. The number of carbonyl (C=O) groups is 1. The smallest absolute Gasteiger partial charge is 0.292 e. The van der Waals surface area contributed by atoms with Crippen LogP contribution >= 0.6 is 15.9 Å². The van der Waals surface area contributed by atoms with Crippen molar-refractivity contribution in [1.29, 1.82) is 0 Å². The molecule has 0 aliphatic heterocycles. The zero-order chi connectivity index (χ0) is 22.7. The number of rotatable bonds is 7. The molecule has 0 atom stereocenters. The molecule has 0 aliphatic carbocycles. The number of nitrogens with zero attached hydrogens (tertiary/aromatic N) is 2. The molecule has 0 unspecified atom stereocenters. The second kappa shape index (κ2) is 9.44. The van der Waals surface area contributed by atoms with Gasteiger partial charge in [0.2, 0.25) is 0 Å².